The molecule has 0 spiro atoms. The Kier molecular flexibility index (Phi) is 3.49. The van der Waals surface area contributed by atoms with Crippen molar-refractivity contribution in [1.82, 2.24) is 14.8 Å². The monoisotopic (exact) mass is 231 g/mol. The second kappa shape index (κ2) is 5.25. The van der Waals surface area contributed by atoms with E-state index < -0.39 is 0 Å². The van der Waals surface area contributed by atoms with E-state index in [1.807, 2.05) is 12.1 Å². The maximum atomic E-state index is 11.7. The molecule has 88 valence electrons. The molecule has 0 aliphatic carbocycles. The van der Waals surface area contributed by atoms with Crippen molar-refractivity contribution in [2.24, 2.45) is 0 Å². The number of aryl methyl sites for hydroxylation is 1. The van der Waals surface area contributed by atoms with E-state index in [4.69, 9.17) is 4.74 Å². The van der Waals surface area contributed by atoms with E-state index in [1.54, 1.807) is 12.1 Å². The first-order chi connectivity index (χ1) is 8.29. The highest BCUT2D eigenvalue weighted by Gasteiger charge is 2.06. The van der Waals surface area contributed by atoms with Crippen LogP contribution in [0.15, 0.2) is 36.9 Å². The van der Waals surface area contributed by atoms with Crippen LogP contribution in [0, 0.1) is 0 Å². The van der Waals surface area contributed by atoms with Gasteiger partial charge in [-0.25, -0.2) is 14.5 Å². The minimum Gasteiger partial charge on any atom is -0.439 e. The Bertz CT molecular complexity index is 477. The lowest BCUT2D eigenvalue weighted by Crippen LogP contribution is -2.10. The summed E-state index contributed by atoms with van der Waals surface area (Å²) in [6.07, 6.45) is 3.84. The minimum absolute atomic E-state index is 0.0777. The number of ether oxygens (including phenoxy) is 1. The molecule has 0 saturated carbocycles. The minimum atomic E-state index is -0.358. The lowest BCUT2D eigenvalue weighted by Gasteiger charge is -2.04. The van der Waals surface area contributed by atoms with Gasteiger partial charge in [0.2, 0.25) is 0 Å². The van der Waals surface area contributed by atoms with Gasteiger partial charge in [0.1, 0.15) is 12.7 Å². The summed E-state index contributed by atoms with van der Waals surface area (Å²) in [4.78, 5) is 15.4. The summed E-state index contributed by atoms with van der Waals surface area (Å²) >= 11 is 0. The van der Waals surface area contributed by atoms with Crippen LogP contribution in [0.3, 0.4) is 0 Å². The Morgan fingerprint density at radius 2 is 2.12 bits per heavy atom. The number of carbonyl (C=O) groups is 1. The third-order valence-electron chi connectivity index (χ3n) is 2.39. The van der Waals surface area contributed by atoms with Crippen LogP contribution in [0.4, 0.5) is 0 Å². The summed E-state index contributed by atoms with van der Waals surface area (Å²) in [5.74, 6) is -0.358. The molecule has 5 heteroatoms. The summed E-state index contributed by atoms with van der Waals surface area (Å²) in [5.41, 5.74) is 1.74. The van der Waals surface area contributed by atoms with Crippen LogP contribution >= 0.6 is 0 Å². The third kappa shape index (κ3) is 2.90. The fourth-order valence-electron chi connectivity index (χ4n) is 1.38. The van der Waals surface area contributed by atoms with Gasteiger partial charge < -0.3 is 4.74 Å². The first kappa shape index (κ1) is 11.3. The molecule has 0 amide bonds. The second-order valence-corrected chi connectivity index (χ2v) is 3.55. The summed E-state index contributed by atoms with van der Waals surface area (Å²) < 4.78 is 6.51. The van der Waals surface area contributed by atoms with Gasteiger partial charge in [-0.2, -0.15) is 5.10 Å². The topological polar surface area (TPSA) is 57.0 Å². The lowest BCUT2D eigenvalue weighted by molar-refractivity contribution is 0.0349. The number of aromatic nitrogens is 3. The Morgan fingerprint density at radius 1 is 1.35 bits per heavy atom. The zero-order chi connectivity index (χ0) is 12.1. The largest absolute Gasteiger partial charge is 0.439 e. The molecule has 2 aromatic rings. The van der Waals surface area contributed by atoms with E-state index in [9.17, 15) is 4.79 Å². The number of hydrogen-bond donors (Lipinski definition) is 0. The first-order valence-corrected chi connectivity index (χ1v) is 5.38. The number of carbonyl (C=O) groups excluding carboxylic acids is 1. The van der Waals surface area contributed by atoms with E-state index in [0.717, 1.165) is 6.42 Å². The van der Waals surface area contributed by atoms with Gasteiger partial charge in [-0.05, 0) is 24.1 Å². The number of hydrogen-bond acceptors (Lipinski definition) is 4. The van der Waals surface area contributed by atoms with Gasteiger partial charge >= 0.3 is 5.97 Å². The molecule has 1 aromatic heterocycles. The van der Waals surface area contributed by atoms with Crippen LogP contribution < -0.4 is 0 Å². The Balaban J connectivity index is 1.95. The van der Waals surface area contributed by atoms with E-state index in [2.05, 4.69) is 17.0 Å². The number of esters is 1. The van der Waals surface area contributed by atoms with Crippen LogP contribution in [0.1, 0.15) is 22.8 Å². The number of nitrogens with zero attached hydrogens (tertiary/aromatic N) is 3. The maximum Gasteiger partial charge on any atom is 0.339 e. The van der Waals surface area contributed by atoms with Gasteiger partial charge in [0.05, 0.1) is 5.56 Å². The quantitative estimate of drug-likeness (QED) is 0.751. The van der Waals surface area contributed by atoms with Crippen molar-refractivity contribution in [2.45, 2.75) is 20.1 Å². The van der Waals surface area contributed by atoms with Crippen LogP contribution in [0.5, 0.6) is 0 Å². The van der Waals surface area contributed by atoms with Crippen molar-refractivity contribution in [1.29, 1.82) is 0 Å². The van der Waals surface area contributed by atoms with Crippen molar-refractivity contribution >= 4 is 5.97 Å². The molecular formula is C12H13N3O2. The van der Waals surface area contributed by atoms with Crippen molar-refractivity contribution in [3.63, 3.8) is 0 Å². The molecule has 0 atom stereocenters. The fraction of sp³-hybridized carbons (Fsp3) is 0.250. The van der Waals surface area contributed by atoms with Crippen molar-refractivity contribution in [3.8, 4) is 0 Å². The molecule has 0 radical (unpaired) electrons. The van der Waals surface area contributed by atoms with E-state index in [1.165, 1.54) is 22.9 Å². The van der Waals surface area contributed by atoms with Gasteiger partial charge in [0.15, 0.2) is 6.73 Å². The van der Waals surface area contributed by atoms with Gasteiger partial charge in [-0.3, -0.25) is 0 Å². The molecule has 5 nitrogen and oxygen atoms in total. The molecule has 0 fully saturated rings. The van der Waals surface area contributed by atoms with Gasteiger partial charge in [-0.1, -0.05) is 19.1 Å². The highest BCUT2D eigenvalue weighted by molar-refractivity contribution is 5.89. The molecular weight excluding hydrogens is 218 g/mol. The first-order valence-electron chi connectivity index (χ1n) is 5.38. The van der Waals surface area contributed by atoms with Crippen LogP contribution in [-0.2, 0) is 17.9 Å². The average Bonchev–Trinajstić information content (AvgIpc) is 2.89. The molecule has 0 unspecified atom stereocenters. The molecule has 1 heterocycles. The van der Waals surface area contributed by atoms with Gasteiger partial charge in [0.25, 0.3) is 0 Å². The SMILES string of the molecule is CCc1ccc(C(=O)OCn2cncn2)cc1. The molecule has 17 heavy (non-hydrogen) atoms. The predicted molar refractivity (Wildman–Crippen MR) is 61.3 cm³/mol. The van der Waals surface area contributed by atoms with Gasteiger partial charge in [0, 0.05) is 0 Å². The molecule has 0 aliphatic heterocycles. The zero-order valence-electron chi connectivity index (χ0n) is 9.54. The Hall–Kier alpha value is -2.17. The van der Waals surface area contributed by atoms with E-state index in [0.29, 0.717) is 5.56 Å². The zero-order valence-corrected chi connectivity index (χ0v) is 9.54. The van der Waals surface area contributed by atoms with Crippen molar-refractivity contribution < 1.29 is 9.53 Å². The average molecular weight is 231 g/mol. The van der Waals surface area contributed by atoms with E-state index in [-0.39, 0.29) is 12.7 Å². The summed E-state index contributed by atoms with van der Waals surface area (Å²) in [6, 6.07) is 7.38. The second-order valence-electron chi connectivity index (χ2n) is 3.55. The molecule has 0 aliphatic rings. The lowest BCUT2D eigenvalue weighted by atomic mass is 10.1. The molecule has 0 saturated heterocycles. The Morgan fingerprint density at radius 3 is 2.71 bits per heavy atom. The molecule has 1 aromatic carbocycles. The standard InChI is InChI=1S/C12H13N3O2/c1-2-10-3-5-11(6-4-10)12(16)17-9-15-8-13-7-14-15/h3-8H,2,9H2,1H3. The summed E-state index contributed by atoms with van der Waals surface area (Å²) in [5, 5.41) is 3.84. The van der Waals surface area contributed by atoms with Crippen molar-refractivity contribution in [3.05, 3.63) is 48.0 Å². The van der Waals surface area contributed by atoms with Crippen LogP contribution in [0.25, 0.3) is 0 Å². The normalized spacial score (nSPS) is 10.2. The fourth-order valence-corrected chi connectivity index (χ4v) is 1.38. The maximum absolute atomic E-state index is 11.7. The number of benzene rings is 1. The van der Waals surface area contributed by atoms with Crippen LogP contribution in [-0.4, -0.2) is 20.7 Å². The Labute approximate surface area is 99.1 Å². The van der Waals surface area contributed by atoms with E-state index >= 15 is 0 Å². The molecule has 2 rings (SSSR count). The summed E-state index contributed by atoms with van der Waals surface area (Å²) in [6.45, 7) is 2.15. The third-order valence-corrected chi connectivity index (χ3v) is 2.39. The number of rotatable bonds is 4. The van der Waals surface area contributed by atoms with Crippen molar-refractivity contribution in [2.75, 3.05) is 0 Å². The predicted octanol–water partition coefficient (Wildman–Crippen LogP) is 1.65. The highest BCUT2D eigenvalue weighted by Crippen LogP contribution is 2.06. The smallest absolute Gasteiger partial charge is 0.339 e. The van der Waals surface area contributed by atoms with Gasteiger partial charge in [-0.15, -0.1) is 0 Å². The summed E-state index contributed by atoms with van der Waals surface area (Å²) in [7, 11) is 0. The van der Waals surface area contributed by atoms with Crippen LogP contribution in [0.2, 0.25) is 0 Å². The molecule has 0 N–H and O–H groups in total. The highest BCUT2D eigenvalue weighted by atomic mass is 16.5. The molecule has 0 bridgehead atoms.